The number of benzene rings is 2. The summed E-state index contributed by atoms with van der Waals surface area (Å²) in [6, 6.07) is 14.9. The molecule has 128 valence electrons. The maximum atomic E-state index is 12.5. The van der Waals surface area contributed by atoms with Crippen molar-refractivity contribution in [3.8, 4) is 5.75 Å². The second kappa shape index (κ2) is 6.65. The number of carbonyl (C=O) groups is 1. The SMILES string of the molecule is COc1ccc(C(C)(C(=O)O)C(c2ccccc2)S(C)(=O)=O)cc1. The van der Waals surface area contributed by atoms with Gasteiger partial charge in [-0.25, -0.2) is 8.42 Å². The van der Waals surface area contributed by atoms with Gasteiger partial charge >= 0.3 is 5.97 Å². The molecule has 0 heterocycles. The highest BCUT2D eigenvalue weighted by Crippen LogP contribution is 2.43. The molecule has 5 nitrogen and oxygen atoms in total. The molecule has 0 saturated carbocycles. The molecule has 0 bridgehead atoms. The van der Waals surface area contributed by atoms with Crippen molar-refractivity contribution in [1.29, 1.82) is 0 Å². The Morgan fingerprint density at radius 1 is 1.08 bits per heavy atom. The Morgan fingerprint density at radius 3 is 2.04 bits per heavy atom. The highest BCUT2D eigenvalue weighted by molar-refractivity contribution is 7.91. The van der Waals surface area contributed by atoms with Crippen molar-refractivity contribution in [2.24, 2.45) is 0 Å². The zero-order valence-corrected chi connectivity index (χ0v) is 14.6. The lowest BCUT2D eigenvalue weighted by atomic mass is 9.76. The van der Waals surface area contributed by atoms with Gasteiger partial charge in [0.1, 0.15) is 16.4 Å². The standard InChI is InChI=1S/C18H20O5S/c1-18(17(19)20,14-9-11-15(23-2)12-10-14)16(24(3,21)22)13-7-5-4-6-8-13/h4-12,16H,1-3H3,(H,19,20). The third-order valence-corrected chi connectivity index (χ3v) is 5.79. The topological polar surface area (TPSA) is 80.7 Å². The number of carboxylic acid groups (broad SMARTS) is 1. The van der Waals surface area contributed by atoms with Gasteiger partial charge in [-0.2, -0.15) is 0 Å². The Labute approximate surface area is 141 Å². The molecule has 0 amide bonds. The smallest absolute Gasteiger partial charge is 0.315 e. The molecule has 2 aromatic carbocycles. The summed E-state index contributed by atoms with van der Waals surface area (Å²) < 4.78 is 30.1. The van der Waals surface area contributed by atoms with Crippen molar-refractivity contribution < 1.29 is 23.1 Å². The van der Waals surface area contributed by atoms with Crippen LogP contribution in [0.15, 0.2) is 54.6 Å². The fourth-order valence-corrected chi connectivity index (χ4v) is 4.71. The fourth-order valence-electron chi connectivity index (χ4n) is 2.96. The summed E-state index contributed by atoms with van der Waals surface area (Å²) in [7, 11) is -2.19. The monoisotopic (exact) mass is 348 g/mol. The van der Waals surface area contributed by atoms with Crippen LogP contribution in [0.3, 0.4) is 0 Å². The molecule has 2 rings (SSSR count). The van der Waals surface area contributed by atoms with Gasteiger partial charge in [-0.05, 0) is 30.2 Å². The predicted octanol–water partition coefficient (Wildman–Crippen LogP) is 2.82. The molecule has 6 heteroatoms. The van der Waals surface area contributed by atoms with Crippen molar-refractivity contribution in [3.63, 3.8) is 0 Å². The van der Waals surface area contributed by atoms with E-state index in [1.54, 1.807) is 54.6 Å². The van der Waals surface area contributed by atoms with E-state index in [1.807, 2.05) is 0 Å². The van der Waals surface area contributed by atoms with Gasteiger partial charge in [0.05, 0.1) is 7.11 Å². The molecule has 2 aromatic rings. The van der Waals surface area contributed by atoms with Crippen LogP contribution in [0.2, 0.25) is 0 Å². The van der Waals surface area contributed by atoms with E-state index in [1.165, 1.54) is 14.0 Å². The van der Waals surface area contributed by atoms with Crippen LogP contribution in [-0.4, -0.2) is 32.9 Å². The van der Waals surface area contributed by atoms with Crippen LogP contribution in [0.5, 0.6) is 5.75 Å². The Morgan fingerprint density at radius 2 is 1.62 bits per heavy atom. The molecule has 0 aliphatic heterocycles. The molecule has 0 aliphatic rings. The quantitative estimate of drug-likeness (QED) is 0.868. The summed E-state index contributed by atoms with van der Waals surface area (Å²) in [6.07, 6.45) is 1.06. The van der Waals surface area contributed by atoms with Gasteiger partial charge in [0, 0.05) is 6.26 Å². The lowest BCUT2D eigenvalue weighted by Crippen LogP contribution is -2.42. The molecule has 2 atom stereocenters. The van der Waals surface area contributed by atoms with Crippen molar-refractivity contribution >= 4 is 15.8 Å². The third-order valence-electron chi connectivity index (χ3n) is 4.19. The van der Waals surface area contributed by atoms with Crippen LogP contribution in [0.25, 0.3) is 0 Å². The van der Waals surface area contributed by atoms with Crippen LogP contribution in [0, 0.1) is 0 Å². The van der Waals surface area contributed by atoms with Crippen molar-refractivity contribution in [1.82, 2.24) is 0 Å². The molecular formula is C18H20O5S. The maximum Gasteiger partial charge on any atom is 0.315 e. The van der Waals surface area contributed by atoms with E-state index >= 15 is 0 Å². The van der Waals surface area contributed by atoms with E-state index in [2.05, 4.69) is 0 Å². The first-order valence-corrected chi connectivity index (χ1v) is 9.28. The maximum absolute atomic E-state index is 12.5. The Kier molecular flexibility index (Phi) is 4.99. The molecule has 0 aromatic heterocycles. The number of ether oxygens (including phenoxy) is 1. The zero-order valence-electron chi connectivity index (χ0n) is 13.8. The number of hydrogen-bond donors (Lipinski definition) is 1. The van der Waals surface area contributed by atoms with Gasteiger partial charge in [-0.1, -0.05) is 42.5 Å². The molecule has 24 heavy (non-hydrogen) atoms. The zero-order chi connectivity index (χ0) is 18.0. The summed E-state index contributed by atoms with van der Waals surface area (Å²) in [5.41, 5.74) is -0.794. The van der Waals surface area contributed by atoms with Crippen LogP contribution in [-0.2, 0) is 20.0 Å². The largest absolute Gasteiger partial charge is 0.497 e. The highest BCUT2D eigenvalue weighted by atomic mass is 32.2. The first kappa shape index (κ1) is 18.0. The second-order valence-electron chi connectivity index (χ2n) is 5.86. The molecule has 2 unspecified atom stereocenters. The minimum Gasteiger partial charge on any atom is -0.497 e. The molecule has 0 aliphatic carbocycles. The van der Waals surface area contributed by atoms with E-state index in [0.29, 0.717) is 16.9 Å². The second-order valence-corrected chi connectivity index (χ2v) is 7.99. The minimum absolute atomic E-state index is 0.398. The number of rotatable bonds is 6. The van der Waals surface area contributed by atoms with E-state index in [4.69, 9.17) is 4.74 Å². The van der Waals surface area contributed by atoms with Crippen molar-refractivity contribution in [3.05, 3.63) is 65.7 Å². The lowest BCUT2D eigenvalue weighted by molar-refractivity contribution is -0.143. The summed E-state index contributed by atoms with van der Waals surface area (Å²) in [5.74, 6) is -0.631. The molecule has 0 spiro atoms. The lowest BCUT2D eigenvalue weighted by Gasteiger charge is -2.33. The number of aliphatic carboxylic acids is 1. The number of methoxy groups -OCH3 is 1. The summed E-state index contributed by atoms with van der Waals surface area (Å²) in [4.78, 5) is 12.1. The first-order valence-electron chi connectivity index (χ1n) is 7.33. The minimum atomic E-state index is -3.70. The molecule has 1 N–H and O–H groups in total. The predicted molar refractivity (Wildman–Crippen MR) is 92.0 cm³/mol. The molecular weight excluding hydrogens is 328 g/mol. The van der Waals surface area contributed by atoms with Crippen molar-refractivity contribution in [2.75, 3.05) is 13.4 Å². The number of hydrogen-bond acceptors (Lipinski definition) is 4. The fraction of sp³-hybridized carbons (Fsp3) is 0.278. The van der Waals surface area contributed by atoms with Gasteiger partial charge in [0.25, 0.3) is 0 Å². The van der Waals surface area contributed by atoms with Gasteiger partial charge in [0.15, 0.2) is 9.84 Å². The first-order chi connectivity index (χ1) is 11.2. The van der Waals surface area contributed by atoms with Gasteiger partial charge in [-0.3, -0.25) is 4.79 Å². The summed E-state index contributed by atoms with van der Waals surface area (Å²) >= 11 is 0. The van der Waals surface area contributed by atoms with E-state index in [-0.39, 0.29) is 0 Å². The molecule has 0 saturated heterocycles. The summed E-state index contributed by atoms with van der Waals surface area (Å²) in [6.45, 7) is 1.44. The summed E-state index contributed by atoms with van der Waals surface area (Å²) in [5, 5.41) is 8.70. The van der Waals surface area contributed by atoms with Crippen LogP contribution in [0.4, 0.5) is 0 Å². The molecule has 0 radical (unpaired) electrons. The average Bonchev–Trinajstić information content (AvgIpc) is 2.54. The number of carboxylic acids is 1. The Bertz CT molecular complexity index is 812. The van der Waals surface area contributed by atoms with Gasteiger partial charge in [0.2, 0.25) is 0 Å². The average molecular weight is 348 g/mol. The Balaban J connectivity index is 2.71. The molecule has 0 fully saturated rings. The van der Waals surface area contributed by atoms with Gasteiger partial charge in [-0.15, -0.1) is 0 Å². The van der Waals surface area contributed by atoms with E-state index < -0.39 is 26.5 Å². The highest BCUT2D eigenvalue weighted by Gasteiger charge is 2.49. The van der Waals surface area contributed by atoms with Crippen molar-refractivity contribution in [2.45, 2.75) is 17.6 Å². The number of sulfone groups is 1. The third kappa shape index (κ3) is 3.28. The van der Waals surface area contributed by atoms with Crippen LogP contribution < -0.4 is 4.74 Å². The normalized spacial score (nSPS) is 15.3. The van der Waals surface area contributed by atoms with E-state index in [0.717, 1.165) is 6.26 Å². The van der Waals surface area contributed by atoms with Crippen LogP contribution in [0.1, 0.15) is 23.3 Å². The Hall–Kier alpha value is -2.34. The van der Waals surface area contributed by atoms with Gasteiger partial charge < -0.3 is 9.84 Å². The van der Waals surface area contributed by atoms with E-state index in [9.17, 15) is 18.3 Å². The van der Waals surface area contributed by atoms with Crippen LogP contribution >= 0.6 is 0 Å².